The molecule has 0 aromatic heterocycles. The van der Waals surface area contributed by atoms with Crippen LogP contribution in [0.1, 0.15) is 53.2 Å². The summed E-state index contributed by atoms with van der Waals surface area (Å²) in [6.07, 6.45) is 1.98. The molecule has 0 unspecified atom stereocenters. The van der Waals surface area contributed by atoms with Gasteiger partial charge in [-0.15, -0.1) is 0 Å². The minimum Gasteiger partial charge on any atom is -0.205 e. The highest BCUT2D eigenvalue weighted by Crippen LogP contribution is 2.35. The van der Waals surface area contributed by atoms with Crippen LogP contribution in [-0.2, 0) is 25.7 Å². The predicted molar refractivity (Wildman–Crippen MR) is 82.1 cm³/mol. The average molecular weight is 286 g/mol. The molecule has 0 atom stereocenters. The summed E-state index contributed by atoms with van der Waals surface area (Å²) in [6, 6.07) is 12.2. The van der Waals surface area contributed by atoms with Crippen molar-refractivity contribution in [1.82, 2.24) is 0 Å². The fourth-order valence-electron chi connectivity index (χ4n) is 3.28. The first-order chi connectivity index (χ1) is 10.2. The van der Waals surface area contributed by atoms with Crippen LogP contribution in [0.25, 0.3) is 0 Å². The van der Waals surface area contributed by atoms with Gasteiger partial charge in [0.15, 0.2) is 0 Å². The van der Waals surface area contributed by atoms with Gasteiger partial charge in [0.05, 0.1) is 0 Å². The smallest absolute Gasteiger partial charge is 0.205 e. The topological polar surface area (TPSA) is 0 Å². The molecule has 0 spiro atoms. The molecule has 2 aromatic carbocycles. The molecule has 0 saturated heterocycles. The summed E-state index contributed by atoms with van der Waals surface area (Å²) < 4.78 is 27.0. The lowest BCUT2D eigenvalue weighted by Gasteiger charge is -2.14. The van der Waals surface area contributed by atoms with E-state index in [2.05, 4.69) is 31.2 Å². The molecular formula is C19H20F2. The van der Waals surface area contributed by atoms with Crippen molar-refractivity contribution in [3.63, 3.8) is 0 Å². The molecule has 0 saturated carbocycles. The van der Waals surface area contributed by atoms with Crippen LogP contribution >= 0.6 is 0 Å². The molecule has 3 rings (SSSR count). The Labute approximate surface area is 124 Å². The van der Waals surface area contributed by atoms with Crippen molar-refractivity contribution in [2.45, 2.75) is 45.5 Å². The van der Waals surface area contributed by atoms with Gasteiger partial charge in [0.2, 0.25) is 0 Å². The van der Waals surface area contributed by atoms with Crippen LogP contribution in [0.2, 0.25) is 0 Å². The van der Waals surface area contributed by atoms with Crippen LogP contribution in [0.15, 0.2) is 36.4 Å². The molecule has 21 heavy (non-hydrogen) atoms. The summed E-state index contributed by atoms with van der Waals surface area (Å²) in [5.41, 5.74) is 5.50. The summed E-state index contributed by atoms with van der Waals surface area (Å²) >= 11 is 0. The number of benzene rings is 2. The van der Waals surface area contributed by atoms with Crippen LogP contribution in [-0.4, -0.2) is 0 Å². The predicted octanol–water partition coefficient (Wildman–Crippen LogP) is 5.27. The highest BCUT2D eigenvalue weighted by atomic mass is 19.3. The molecule has 2 heteroatoms. The van der Waals surface area contributed by atoms with E-state index in [-0.39, 0.29) is 0 Å². The summed E-state index contributed by atoms with van der Waals surface area (Å²) in [5, 5.41) is 0. The van der Waals surface area contributed by atoms with Gasteiger partial charge in [-0.05, 0) is 59.9 Å². The van der Waals surface area contributed by atoms with E-state index in [0.717, 1.165) is 47.9 Å². The van der Waals surface area contributed by atoms with E-state index in [0.29, 0.717) is 12.0 Å². The van der Waals surface area contributed by atoms with E-state index in [1.165, 1.54) is 5.56 Å². The van der Waals surface area contributed by atoms with Crippen molar-refractivity contribution in [3.05, 3.63) is 69.8 Å². The number of fused-ring (bicyclic) bond motifs is 1. The highest BCUT2D eigenvalue weighted by Gasteiger charge is 2.23. The van der Waals surface area contributed by atoms with Gasteiger partial charge in [-0.2, -0.15) is 0 Å². The first-order valence-corrected chi connectivity index (χ1v) is 7.68. The van der Waals surface area contributed by atoms with Crippen LogP contribution in [0, 0.1) is 0 Å². The number of halogens is 2. The van der Waals surface area contributed by atoms with E-state index in [9.17, 15) is 8.78 Å². The number of aryl methyl sites for hydroxylation is 2. The number of hydrogen-bond acceptors (Lipinski definition) is 0. The average Bonchev–Trinajstić information content (AvgIpc) is 2.95. The van der Waals surface area contributed by atoms with Crippen molar-refractivity contribution in [3.8, 4) is 0 Å². The Morgan fingerprint density at radius 1 is 0.952 bits per heavy atom. The highest BCUT2D eigenvalue weighted by molar-refractivity contribution is 5.46. The minimum absolute atomic E-state index is 0.296. The molecule has 0 radical (unpaired) electrons. The molecule has 1 aliphatic carbocycles. The Kier molecular flexibility index (Phi) is 4.05. The second-order valence-electron chi connectivity index (χ2n) is 5.78. The van der Waals surface area contributed by atoms with Crippen molar-refractivity contribution in [2.75, 3.05) is 0 Å². The van der Waals surface area contributed by atoms with Gasteiger partial charge in [-0.1, -0.05) is 43.3 Å². The molecule has 0 heterocycles. The SMILES string of the molecule is CCc1ccc(Cc2ccc3c(c2C(F)F)CCC3)cc1. The Hall–Kier alpha value is -1.70. The molecule has 0 amide bonds. The van der Waals surface area contributed by atoms with Gasteiger partial charge in [0.25, 0.3) is 6.43 Å². The van der Waals surface area contributed by atoms with Gasteiger partial charge >= 0.3 is 0 Å². The third-order valence-corrected chi connectivity index (χ3v) is 4.46. The summed E-state index contributed by atoms with van der Waals surface area (Å²) in [7, 11) is 0. The standard InChI is InChI=1S/C19H20F2/c1-2-13-6-8-14(9-7-13)12-16-11-10-15-4-3-5-17(15)18(16)19(20)21/h6-11,19H,2-5,12H2,1H3. The summed E-state index contributed by atoms with van der Waals surface area (Å²) in [5.74, 6) is 0. The Bertz CT molecular complexity index is 627. The zero-order chi connectivity index (χ0) is 14.8. The molecule has 0 bridgehead atoms. The number of alkyl halides is 2. The fraction of sp³-hybridized carbons (Fsp3) is 0.368. The van der Waals surface area contributed by atoms with Gasteiger partial charge in [0.1, 0.15) is 0 Å². The maximum Gasteiger partial charge on any atom is 0.264 e. The molecular weight excluding hydrogens is 266 g/mol. The van der Waals surface area contributed by atoms with E-state index >= 15 is 0 Å². The van der Waals surface area contributed by atoms with Gasteiger partial charge in [-0.3, -0.25) is 0 Å². The van der Waals surface area contributed by atoms with Gasteiger partial charge in [0, 0.05) is 5.56 Å². The second-order valence-corrected chi connectivity index (χ2v) is 5.78. The molecule has 0 fully saturated rings. The molecule has 0 nitrogen and oxygen atoms in total. The van der Waals surface area contributed by atoms with Crippen LogP contribution in [0.5, 0.6) is 0 Å². The van der Waals surface area contributed by atoms with Gasteiger partial charge < -0.3 is 0 Å². The van der Waals surface area contributed by atoms with Crippen LogP contribution in [0.4, 0.5) is 8.78 Å². The first-order valence-electron chi connectivity index (χ1n) is 7.68. The lowest BCUT2D eigenvalue weighted by atomic mass is 9.93. The zero-order valence-electron chi connectivity index (χ0n) is 12.3. The van der Waals surface area contributed by atoms with Crippen molar-refractivity contribution in [2.24, 2.45) is 0 Å². The van der Waals surface area contributed by atoms with Crippen LogP contribution in [0.3, 0.4) is 0 Å². The third kappa shape index (κ3) is 2.85. The monoisotopic (exact) mass is 286 g/mol. The maximum atomic E-state index is 13.5. The Morgan fingerprint density at radius 2 is 1.67 bits per heavy atom. The number of rotatable bonds is 4. The Balaban J connectivity index is 1.94. The molecule has 110 valence electrons. The third-order valence-electron chi connectivity index (χ3n) is 4.46. The van der Waals surface area contributed by atoms with Crippen molar-refractivity contribution < 1.29 is 8.78 Å². The molecule has 2 aromatic rings. The minimum atomic E-state index is -2.37. The molecule has 0 N–H and O–H groups in total. The van der Waals surface area contributed by atoms with Crippen molar-refractivity contribution in [1.29, 1.82) is 0 Å². The largest absolute Gasteiger partial charge is 0.264 e. The normalized spacial score (nSPS) is 13.7. The molecule has 1 aliphatic rings. The van der Waals surface area contributed by atoms with E-state index in [4.69, 9.17) is 0 Å². The van der Waals surface area contributed by atoms with Crippen molar-refractivity contribution >= 4 is 0 Å². The fourth-order valence-corrected chi connectivity index (χ4v) is 3.28. The van der Waals surface area contributed by atoms with E-state index < -0.39 is 6.43 Å². The van der Waals surface area contributed by atoms with Gasteiger partial charge in [-0.25, -0.2) is 8.78 Å². The maximum absolute atomic E-state index is 13.5. The quantitative estimate of drug-likeness (QED) is 0.718. The first kappa shape index (κ1) is 14.2. The lowest BCUT2D eigenvalue weighted by molar-refractivity contribution is 0.149. The lowest BCUT2D eigenvalue weighted by Crippen LogP contribution is -2.02. The Morgan fingerprint density at radius 3 is 2.33 bits per heavy atom. The molecule has 0 aliphatic heterocycles. The zero-order valence-corrected chi connectivity index (χ0v) is 12.3. The summed E-state index contributed by atoms with van der Waals surface area (Å²) in [6.45, 7) is 2.12. The second kappa shape index (κ2) is 5.97. The van der Waals surface area contributed by atoms with Crippen LogP contribution < -0.4 is 0 Å². The van der Waals surface area contributed by atoms with E-state index in [1.54, 1.807) is 0 Å². The number of hydrogen-bond donors (Lipinski definition) is 0. The van der Waals surface area contributed by atoms with E-state index in [1.807, 2.05) is 12.1 Å². The summed E-state index contributed by atoms with van der Waals surface area (Å²) in [4.78, 5) is 0.